The van der Waals surface area contributed by atoms with E-state index in [1.165, 1.54) is 0 Å². The van der Waals surface area contributed by atoms with Crippen LogP contribution in [-0.2, 0) is 6.54 Å². The van der Waals surface area contributed by atoms with Crippen LogP contribution in [0.25, 0.3) is 0 Å². The van der Waals surface area contributed by atoms with Gasteiger partial charge in [-0.15, -0.1) is 0 Å². The van der Waals surface area contributed by atoms with Crippen molar-refractivity contribution in [2.45, 2.75) is 52.7 Å². The molecule has 0 saturated heterocycles. The number of hydrogen-bond acceptors (Lipinski definition) is 4. The van der Waals surface area contributed by atoms with Gasteiger partial charge in [0.15, 0.2) is 0 Å². The quantitative estimate of drug-likeness (QED) is 0.822. The fourth-order valence-corrected chi connectivity index (χ4v) is 1.41. The van der Waals surface area contributed by atoms with Crippen LogP contribution in [0.5, 0.6) is 0 Å². The van der Waals surface area contributed by atoms with Crippen LogP contribution in [0.15, 0.2) is 12.4 Å². The summed E-state index contributed by atoms with van der Waals surface area (Å²) in [5.41, 5.74) is 1.13. The Kier molecular flexibility index (Phi) is 5.35. The molecule has 1 aromatic heterocycles. The van der Waals surface area contributed by atoms with Gasteiger partial charge in [-0.2, -0.15) is 0 Å². The highest BCUT2D eigenvalue weighted by atomic mass is 15.2. The Labute approximate surface area is 104 Å². The minimum Gasteiger partial charge on any atom is -0.341 e. The molecule has 0 saturated carbocycles. The number of aromatic nitrogens is 2. The van der Waals surface area contributed by atoms with E-state index in [4.69, 9.17) is 0 Å². The third kappa shape index (κ3) is 4.30. The third-order valence-electron chi connectivity index (χ3n) is 2.97. The Balaban J connectivity index is 2.61. The molecule has 4 nitrogen and oxygen atoms in total. The molecule has 1 atom stereocenters. The molecule has 1 unspecified atom stereocenters. The molecule has 0 aromatic carbocycles. The van der Waals surface area contributed by atoms with Crippen LogP contribution in [0.2, 0.25) is 0 Å². The van der Waals surface area contributed by atoms with Crippen LogP contribution >= 0.6 is 0 Å². The van der Waals surface area contributed by atoms with Gasteiger partial charge in [0, 0.05) is 43.6 Å². The van der Waals surface area contributed by atoms with Crippen molar-refractivity contribution in [3.05, 3.63) is 18.0 Å². The lowest BCUT2D eigenvalue weighted by atomic mass is 10.2. The van der Waals surface area contributed by atoms with Gasteiger partial charge >= 0.3 is 0 Å². The molecule has 0 amide bonds. The van der Waals surface area contributed by atoms with Crippen molar-refractivity contribution < 1.29 is 0 Å². The Morgan fingerprint density at radius 1 is 1.24 bits per heavy atom. The maximum Gasteiger partial charge on any atom is 0.225 e. The van der Waals surface area contributed by atoms with Crippen molar-refractivity contribution in [3.8, 4) is 0 Å². The summed E-state index contributed by atoms with van der Waals surface area (Å²) in [7, 11) is 2.04. The first-order chi connectivity index (χ1) is 8.04. The first-order valence-corrected chi connectivity index (χ1v) is 6.31. The predicted octanol–water partition coefficient (Wildman–Crippen LogP) is 2.21. The van der Waals surface area contributed by atoms with E-state index >= 15 is 0 Å². The molecule has 1 rings (SSSR count). The van der Waals surface area contributed by atoms with Crippen molar-refractivity contribution in [1.82, 2.24) is 15.3 Å². The first-order valence-electron chi connectivity index (χ1n) is 6.31. The van der Waals surface area contributed by atoms with Gasteiger partial charge in [-0.25, -0.2) is 9.97 Å². The number of anilines is 1. The average Bonchev–Trinajstić information content (AvgIpc) is 2.35. The van der Waals surface area contributed by atoms with E-state index < -0.39 is 0 Å². The van der Waals surface area contributed by atoms with E-state index in [1.54, 1.807) is 0 Å². The molecular formula is C13H24N4. The minimum atomic E-state index is 0.467. The topological polar surface area (TPSA) is 41.1 Å². The van der Waals surface area contributed by atoms with Gasteiger partial charge in [0.2, 0.25) is 5.95 Å². The fourth-order valence-electron chi connectivity index (χ4n) is 1.41. The van der Waals surface area contributed by atoms with Crippen molar-refractivity contribution in [2.75, 3.05) is 11.9 Å². The van der Waals surface area contributed by atoms with Gasteiger partial charge in [0.1, 0.15) is 0 Å². The van der Waals surface area contributed by atoms with Crippen molar-refractivity contribution >= 4 is 5.95 Å². The molecule has 0 bridgehead atoms. The highest BCUT2D eigenvalue weighted by molar-refractivity contribution is 5.29. The normalized spacial score (nSPS) is 12.8. The number of hydrogen-bond donors (Lipinski definition) is 1. The standard InChI is InChI=1S/C13H24N4/c1-6-11(4)17(5)13-15-8-12(9-16-13)7-14-10(2)3/h8-11,14H,6-7H2,1-5H3. The molecule has 0 spiro atoms. The van der Waals surface area contributed by atoms with Crippen LogP contribution in [0.4, 0.5) is 5.95 Å². The van der Waals surface area contributed by atoms with Crippen LogP contribution < -0.4 is 10.2 Å². The third-order valence-corrected chi connectivity index (χ3v) is 2.97. The smallest absolute Gasteiger partial charge is 0.225 e. The largest absolute Gasteiger partial charge is 0.341 e. The highest BCUT2D eigenvalue weighted by Gasteiger charge is 2.10. The molecule has 0 aliphatic heterocycles. The Hall–Kier alpha value is -1.16. The SMILES string of the molecule is CCC(C)N(C)c1ncc(CNC(C)C)cn1. The second-order valence-corrected chi connectivity index (χ2v) is 4.80. The highest BCUT2D eigenvalue weighted by Crippen LogP contribution is 2.10. The molecule has 0 radical (unpaired) electrons. The maximum absolute atomic E-state index is 4.40. The molecule has 1 N–H and O–H groups in total. The summed E-state index contributed by atoms with van der Waals surface area (Å²) in [6, 6.07) is 0.951. The number of rotatable bonds is 6. The van der Waals surface area contributed by atoms with E-state index in [0.717, 1.165) is 24.5 Å². The Morgan fingerprint density at radius 2 is 1.82 bits per heavy atom. The summed E-state index contributed by atoms with van der Waals surface area (Å²) in [5, 5.41) is 3.35. The summed E-state index contributed by atoms with van der Waals surface area (Å²) < 4.78 is 0. The lowest BCUT2D eigenvalue weighted by Crippen LogP contribution is -2.29. The Bertz CT molecular complexity index is 321. The van der Waals surface area contributed by atoms with E-state index in [2.05, 4.69) is 47.9 Å². The van der Waals surface area contributed by atoms with E-state index in [0.29, 0.717) is 12.1 Å². The van der Waals surface area contributed by atoms with Crippen molar-refractivity contribution in [2.24, 2.45) is 0 Å². The molecule has 1 aromatic rings. The lowest BCUT2D eigenvalue weighted by Gasteiger charge is -2.23. The zero-order valence-corrected chi connectivity index (χ0v) is 11.6. The van der Waals surface area contributed by atoms with Gasteiger partial charge in [-0.1, -0.05) is 20.8 Å². The summed E-state index contributed by atoms with van der Waals surface area (Å²) >= 11 is 0. The van der Waals surface area contributed by atoms with Crippen LogP contribution in [0.3, 0.4) is 0 Å². The van der Waals surface area contributed by atoms with Crippen LogP contribution in [-0.4, -0.2) is 29.1 Å². The molecule has 0 aliphatic rings. The molecule has 4 heteroatoms. The van der Waals surface area contributed by atoms with Gasteiger partial charge in [-0.05, 0) is 13.3 Å². The number of nitrogens with zero attached hydrogens (tertiary/aromatic N) is 3. The number of nitrogens with one attached hydrogen (secondary N) is 1. The lowest BCUT2D eigenvalue weighted by molar-refractivity contribution is 0.586. The van der Waals surface area contributed by atoms with Crippen LogP contribution in [0, 0.1) is 0 Å². The van der Waals surface area contributed by atoms with Gasteiger partial charge in [0.05, 0.1) is 0 Å². The summed E-state index contributed by atoms with van der Waals surface area (Å²) in [6.07, 6.45) is 4.89. The van der Waals surface area contributed by atoms with Crippen molar-refractivity contribution in [1.29, 1.82) is 0 Å². The predicted molar refractivity (Wildman–Crippen MR) is 72.2 cm³/mol. The second-order valence-electron chi connectivity index (χ2n) is 4.80. The van der Waals surface area contributed by atoms with Crippen molar-refractivity contribution in [3.63, 3.8) is 0 Å². The summed E-state index contributed by atoms with van der Waals surface area (Å²) in [5.74, 6) is 0.799. The molecular weight excluding hydrogens is 212 g/mol. The summed E-state index contributed by atoms with van der Waals surface area (Å²) in [6.45, 7) is 9.43. The molecule has 1 heterocycles. The van der Waals surface area contributed by atoms with E-state index in [-0.39, 0.29) is 0 Å². The second kappa shape index (κ2) is 6.55. The molecule has 0 aliphatic carbocycles. The minimum absolute atomic E-state index is 0.467. The molecule has 0 fully saturated rings. The first kappa shape index (κ1) is 13.9. The fraction of sp³-hybridized carbons (Fsp3) is 0.692. The Morgan fingerprint density at radius 3 is 2.29 bits per heavy atom. The molecule has 96 valence electrons. The molecule has 17 heavy (non-hydrogen) atoms. The van der Waals surface area contributed by atoms with Gasteiger partial charge in [-0.3, -0.25) is 0 Å². The summed E-state index contributed by atoms with van der Waals surface area (Å²) in [4.78, 5) is 10.9. The van der Waals surface area contributed by atoms with Gasteiger partial charge < -0.3 is 10.2 Å². The van der Waals surface area contributed by atoms with E-state index in [1.807, 2.05) is 19.4 Å². The monoisotopic (exact) mass is 236 g/mol. The van der Waals surface area contributed by atoms with Gasteiger partial charge in [0.25, 0.3) is 0 Å². The maximum atomic E-state index is 4.40. The van der Waals surface area contributed by atoms with E-state index in [9.17, 15) is 0 Å². The zero-order valence-electron chi connectivity index (χ0n) is 11.6. The zero-order chi connectivity index (χ0) is 12.8. The van der Waals surface area contributed by atoms with Crippen LogP contribution in [0.1, 0.15) is 39.7 Å². The average molecular weight is 236 g/mol.